The molecule has 42 heavy (non-hydrogen) atoms. The van der Waals surface area contributed by atoms with E-state index in [9.17, 15) is 14.4 Å². The van der Waals surface area contributed by atoms with Crippen molar-refractivity contribution in [2.24, 2.45) is 5.92 Å². The lowest BCUT2D eigenvalue weighted by molar-refractivity contribution is -0.128. The average molecular weight is 578 g/mol. The van der Waals surface area contributed by atoms with Gasteiger partial charge in [0, 0.05) is 37.8 Å². The number of methoxy groups -OCH3 is 1. The smallest absolute Gasteiger partial charge is 0.318 e. The molecule has 2 fully saturated rings. The summed E-state index contributed by atoms with van der Waals surface area (Å²) in [7, 11) is 3.61. The van der Waals surface area contributed by atoms with E-state index in [-0.39, 0.29) is 30.2 Å². The van der Waals surface area contributed by atoms with Crippen LogP contribution in [0.3, 0.4) is 0 Å². The van der Waals surface area contributed by atoms with Gasteiger partial charge < -0.3 is 24.2 Å². The zero-order chi connectivity index (χ0) is 29.8. The number of piperidine rings is 1. The number of carbonyl (C=O) groups excluding carboxylic acids is 1. The Morgan fingerprint density at radius 3 is 2.81 bits per heavy atom. The van der Waals surface area contributed by atoms with Crippen LogP contribution in [0.15, 0.2) is 30.9 Å². The predicted octanol–water partition coefficient (Wildman–Crippen LogP) is 3.41. The SMILES string of the molecule is C=CC(=O)N1CCN(c2nc(OC[C@@H]3[C@@H](C)CCCN3C)nc3c2CCN(c2cccc(F)c2OC)C3)CC1CC#N. The minimum absolute atomic E-state index is 0.172. The van der Waals surface area contributed by atoms with Crippen molar-refractivity contribution in [1.82, 2.24) is 19.8 Å². The lowest BCUT2D eigenvalue weighted by Crippen LogP contribution is -2.55. The Morgan fingerprint density at radius 1 is 1.24 bits per heavy atom. The molecule has 2 aromatic rings. The van der Waals surface area contributed by atoms with Gasteiger partial charge in [-0.05, 0) is 57.0 Å². The van der Waals surface area contributed by atoms with Gasteiger partial charge in [0.05, 0.1) is 43.6 Å². The molecule has 0 bridgehead atoms. The number of carbonyl (C=O) groups is 1. The second-order valence-electron chi connectivity index (χ2n) is 11.4. The van der Waals surface area contributed by atoms with E-state index in [1.54, 1.807) is 11.0 Å². The fourth-order valence-corrected chi connectivity index (χ4v) is 6.51. The van der Waals surface area contributed by atoms with Crippen molar-refractivity contribution in [3.8, 4) is 17.8 Å². The molecule has 0 aliphatic carbocycles. The summed E-state index contributed by atoms with van der Waals surface area (Å²) in [5.74, 6) is 0.908. The number of piperazine rings is 1. The lowest BCUT2D eigenvalue weighted by Gasteiger charge is -2.42. The number of nitriles is 1. The fraction of sp³-hybridized carbons (Fsp3) is 0.548. The summed E-state index contributed by atoms with van der Waals surface area (Å²) >= 11 is 0. The molecule has 3 atom stereocenters. The van der Waals surface area contributed by atoms with Crippen molar-refractivity contribution in [3.63, 3.8) is 0 Å². The number of nitrogens with zero attached hydrogens (tertiary/aromatic N) is 7. The molecular formula is C31H40FN7O3. The number of likely N-dealkylation sites (N-methyl/N-ethyl adjacent to an activating group) is 1. The van der Waals surface area contributed by atoms with E-state index in [1.807, 2.05) is 6.07 Å². The van der Waals surface area contributed by atoms with E-state index < -0.39 is 5.82 Å². The number of para-hydroxylation sites is 1. The van der Waals surface area contributed by atoms with Crippen LogP contribution in [0.5, 0.6) is 11.8 Å². The summed E-state index contributed by atoms with van der Waals surface area (Å²) < 4.78 is 26.3. The first-order chi connectivity index (χ1) is 20.3. The maximum Gasteiger partial charge on any atom is 0.318 e. The minimum atomic E-state index is -0.408. The van der Waals surface area contributed by atoms with Crippen LogP contribution in [0, 0.1) is 23.1 Å². The second-order valence-corrected chi connectivity index (χ2v) is 11.4. The van der Waals surface area contributed by atoms with Gasteiger partial charge in [0.1, 0.15) is 12.4 Å². The number of fused-ring (bicyclic) bond motifs is 1. The first-order valence-electron chi connectivity index (χ1n) is 14.7. The van der Waals surface area contributed by atoms with Crippen molar-refractivity contribution in [1.29, 1.82) is 5.26 Å². The van der Waals surface area contributed by atoms with Gasteiger partial charge in [0.2, 0.25) is 5.91 Å². The average Bonchev–Trinajstić information content (AvgIpc) is 2.99. The standard InChI is InChI=1S/C31H40FN7O3/c1-5-28(40)39-17-16-38(18-22(39)11-13-33)30-23-12-15-37(26-10-6-9-24(32)29(26)41-4)19-25(23)34-31(35-30)42-20-27-21(2)8-7-14-36(27)3/h5-6,9-10,21-22,27H,1,7-8,11-12,14-20H2,2-4H3/t21-,22?,27+/m0/s1. The number of rotatable bonds is 8. The van der Waals surface area contributed by atoms with Crippen LogP contribution in [-0.2, 0) is 17.8 Å². The van der Waals surface area contributed by atoms with Gasteiger partial charge in [-0.1, -0.05) is 19.6 Å². The highest BCUT2D eigenvalue weighted by atomic mass is 19.1. The third-order valence-corrected chi connectivity index (χ3v) is 8.86. The van der Waals surface area contributed by atoms with Gasteiger partial charge in [-0.25, -0.2) is 4.39 Å². The van der Waals surface area contributed by atoms with Crippen LogP contribution in [0.4, 0.5) is 15.9 Å². The molecule has 1 aromatic carbocycles. The summed E-state index contributed by atoms with van der Waals surface area (Å²) in [6.45, 7) is 9.97. The molecule has 2 saturated heterocycles. The third-order valence-electron chi connectivity index (χ3n) is 8.86. The maximum atomic E-state index is 14.6. The number of likely N-dealkylation sites (tertiary alicyclic amines) is 1. The fourth-order valence-electron chi connectivity index (χ4n) is 6.51. The number of benzene rings is 1. The number of halogens is 1. The summed E-state index contributed by atoms with van der Waals surface area (Å²) in [5, 5.41) is 9.50. The Kier molecular flexibility index (Phi) is 9.12. The lowest BCUT2D eigenvalue weighted by atomic mass is 9.92. The minimum Gasteiger partial charge on any atom is -0.492 e. The van der Waals surface area contributed by atoms with Crippen molar-refractivity contribution in [3.05, 3.63) is 47.9 Å². The van der Waals surface area contributed by atoms with Gasteiger partial charge in [-0.15, -0.1) is 0 Å². The van der Waals surface area contributed by atoms with Crippen LogP contribution >= 0.6 is 0 Å². The van der Waals surface area contributed by atoms with Crippen molar-refractivity contribution >= 4 is 17.4 Å². The molecule has 11 heteroatoms. The molecule has 0 saturated carbocycles. The molecule has 0 N–H and O–H groups in total. The predicted molar refractivity (Wildman–Crippen MR) is 158 cm³/mol. The van der Waals surface area contributed by atoms with E-state index in [0.29, 0.717) is 63.4 Å². The first kappa shape index (κ1) is 29.6. The number of aromatic nitrogens is 2. The molecule has 10 nitrogen and oxygen atoms in total. The van der Waals surface area contributed by atoms with E-state index in [2.05, 4.69) is 41.3 Å². The molecule has 1 aromatic heterocycles. The first-order valence-corrected chi connectivity index (χ1v) is 14.7. The van der Waals surface area contributed by atoms with Crippen LogP contribution in [0.2, 0.25) is 0 Å². The van der Waals surface area contributed by atoms with Gasteiger partial charge in [0.25, 0.3) is 0 Å². The maximum absolute atomic E-state index is 14.6. The van der Waals surface area contributed by atoms with Crippen LogP contribution in [0.25, 0.3) is 0 Å². The summed E-state index contributed by atoms with van der Waals surface area (Å²) in [4.78, 5) is 30.6. The number of amides is 1. The molecule has 1 amide bonds. The molecule has 0 spiro atoms. The molecule has 1 unspecified atom stereocenters. The largest absolute Gasteiger partial charge is 0.492 e. The van der Waals surface area contributed by atoms with Crippen LogP contribution in [0.1, 0.15) is 37.4 Å². The third kappa shape index (κ3) is 6.00. The molecule has 224 valence electrons. The summed E-state index contributed by atoms with van der Waals surface area (Å²) in [6, 6.07) is 7.46. The van der Waals surface area contributed by atoms with E-state index >= 15 is 0 Å². The number of hydrogen-bond donors (Lipinski definition) is 0. The highest BCUT2D eigenvalue weighted by molar-refractivity contribution is 5.87. The van der Waals surface area contributed by atoms with E-state index in [4.69, 9.17) is 19.4 Å². The molecule has 0 radical (unpaired) electrons. The Labute approximate surface area is 247 Å². The zero-order valence-electron chi connectivity index (χ0n) is 24.8. The number of hydrogen-bond acceptors (Lipinski definition) is 9. The zero-order valence-corrected chi connectivity index (χ0v) is 24.8. The molecule has 3 aliphatic rings. The molecule has 4 heterocycles. The van der Waals surface area contributed by atoms with Gasteiger partial charge in [0.15, 0.2) is 11.6 Å². The van der Waals surface area contributed by atoms with Crippen molar-refractivity contribution in [2.45, 2.75) is 51.2 Å². The van der Waals surface area contributed by atoms with Crippen molar-refractivity contribution < 1.29 is 18.7 Å². The Morgan fingerprint density at radius 2 is 2.07 bits per heavy atom. The van der Waals surface area contributed by atoms with Gasteiger partial charge in [-0.2, -0.15) is 15.2 Å². The molecule has 3 aliphatic heterocycles. The molecular weight excluding hydrogens is 537 g/mol. The number of ether oxygens (including phenoxy) is 2. The van der Waals surface area contributed by atoms with E-state index in [0.717, 1.165) is 30.0 Å². The van der Waals surface area contributed by atoms with Crippen LogP contribution < -0.4 is 19.3 Å². The second kappa shape index (κ2) is 12.9. The Bertz CT molecular complexity index is 1340. The molecule has 5 rings (SSSR count). The summed E-state index contributed by atoms with van der Waals surface area (Å²) in [6.07, 6.45) is 4.49. The summed E-state index contributed by atoms with van der Waals surface area (Å²) in [5.41, 5.74) is 2.50. The number of anilines is 2. The monoisotopic (exact) mass is 577 g/mol. The van der Waals surface area contributed by atoms with Crippen LogP contribution in [-0.4, -0.2) is 91.2 Å². The Hall–Kier alpha value is -3.91. The highest BCUT2D eigenvalue weighted by Gasteiger charge is 2.34. The normalized spacial score (nSPS) is 22.7. The van der Waals surface area contributed by atoms with Gasteiger partial charge in [-0.3, -0.25) is 9.69 Å². The highest BCUT2D eigenvalue weighted by Crippen LogP contribution is 2.37. The van der Waals surface area contributed by atoms with Crippen molar-refractivity contribution in [2.75, 3.05) is 63.3 Å². The van der Waals surface area contributed by atoms with Gasteiger partial charge >= 0.3 is 6.01 Å². The Balaban J connectivity index is 1.47. The van der Waals surface area contributed by atoms with E-state index in [1.165, 1.54) is 25.7 Å². The topological polar surface area (TPSA) is 98.1 Å². The quantitative estimate of drug-likeness (QED) is 0.437.